The summed E-state index contributed by atoms with van der Waals surface area (Å²) in [6.07, 6.45) is -2.79. The molecule has 0 aliphatic heterocycles. The van der Waals surface area contributed by atoms with Gasteiger partial charge in [-0.05, 0) is 6.42 Å². The van der Waals surface area contributed by atoms with Crippen LogP contribution in [0.2, 0.25) is 0 Å². The van der Waals surface area contributed by atoms with Crippen molar-refractivity contribution in [3.05, 3.63) is 12.7 Å². The summed E-state index contributed by atoms with van der Waals surface area (Å²) in [5.74, 6) is -35.7. The first-order valence-corrected chi connectivity index (χ1v) is 6.72. The zero-order valence-electron chi connectivity index (χ0n) is 10.4. The van der Waals surface area contributed by atoms with E-state index in [0.717, 1.165) is 0 Å². The Morgan fingerprint density at radius 2 is 1.00 bits per heavy atom. The van der Waals surface area contributed by atoms with Crippen LogP contribution in [-0.2, 0) is 10.1 Å². The highest BCUT2D eigenvalue weighted by atomic mass is 32.2. The highest BCUT2D eigenvalue weighted by molar-refractivity contribution is 7.87. The fourth-order valence-corrected chi connectivity index (χ4v) is 3.42. The van der Waals surface area contributed by atoms with Crippen LogP contribution >= 0.6 is 0 Å². The van der Waals surface area contributed by atoms with Gasteiger partial charge in [0.15, 0.2) is 0 Å². The summed E-state index contributed by atoms with van der Waals surface area (Å²) >= 11 is 0. The second-order valence-corrected chi connectivity index (χ2v) is 6.31. The third-order valence-electron chi connectivity index (χ3n) is 3.46. The minimum Gasteiger partial charge on any atom is -0.285 e. The second-order valence-electron chi connectivity index (χ2n) is 4.67. The fraction of sp³-hybridized carbons (Fsp3) is 0.778. The quantitative estimate of drug-likeness (QED) is 0.461. The van der Waals surface area contributed by atoms with Crippen molar-refractivity contribution < 1.29 is 56.9 Å². The molecular formula is C9H6F10O3S. The van der Waals surface area contributed by atoms with Gasteiger partial charge in [0.1, 0.15) is 0 Å². The van der Waals surface area contributed by atoms with Gasteiger partial charge < -0.3 is 0 Å². The van der Waals surface area contributed by atoms with Crippen molar-refractivity contribution in [1.29, 1.82) is 0 Å². The Balaban J connectivity index is 4.14. The maximum absolute atomic E-state index is 13.7. The van der Waals surface area contributed by atoms with Crippen molar-refractivity contribution >= 4 is 10.1 Å². The van der Waals surface area contributed by atoms with Gasteiger partial charge in [-0.2, -0.15) is 52.3 Å². The zero-order chi connectivity index (χ0) is 18.9. The molecular weight excluding hydrogens is 378 g/mol. The predicted octanol–water partition coefficient (Wildman–Crippen LogP) is 3.38. The van der Waals surface area contributed by atoms with Crippen LogP contribution in [0.4, 0.5) is 43.9 Å². The summed E-state index contributed by atoms with van der Waals surface area (Å²) in [5.41, 5.74) is 0. The lowest BCUT2D eigenvalue weighted by Crippen LogP contribution is -2.86. The summed E-state index contributed by atoms with van der Waals surface area (Å²) in [5, 5.41) is 0. The van der Waals surface area contributed by atoms with Gasteiger partial charge in [0.05, 0.1) is 0 Å². The normalized spacial score (nSPS) is 29.7. The molecule has 1 aliphatic rings. The molecule has 14 heteroatoms. The molecule has 1 aliphatic carbocycles. The Hall–Kier alpha value is -1.05. The molecule has 0 radical (unpaired) electrons. The third kappa shape index (κ3) is 1.73. The highest BCUT2D eigenvalue weighted by Gasteiger charge is 3.02. The zero-order valence-corrected chi connectivity index (χ0v) is 11.3. The van der Waals surface area contributed by atoms with Gasteiger partial charge >= 0.3 is 29.6 Å². The van der Waals surface area contributed by atoms with Gasteiger partial charge in [-0.25, -0.2) is 0 Å². The van der Waals surface area contributed by atoms with Gasteiger partial charge in [-0.15, -0.1) is 6.58 Å². The van der Waals surface area contributed by atoms with Crippen molar-refractivity contribution in [3.63, 3.8) is 0 Å². The van der Waals surface area contributed by atoms with E-state index >= 15 is 0 Å². The molecule has 0 aromatic heterocycles. The van der Waals surface area contributed by atoms with E-state index in [1.807, 2.05) is 0 Å². The number of rotatable bonds is 3. The number of alkyl halides is 10. The summed E-state index contributed by atoms with van der Waals surface area (Å²) in [7, 11) is -7.12. The lowest BCUT2D eigenvalue weighted by Gasteiger charge is -2.54. The molecule has 0 spiro atoms. The number of allylic oxidation sites excluding steroid dienone is 1. The average Bonchev–Trinajstić information content (AvgIpc) is 2.31. The highest BCUT2D eigenvalue weighted by Crippen LogP contribution is 2.70. The molecule has 0 atom stereocenters. The Labute approximate surface area is 121 Å². The predicted molar refractivity (Wildman–Crippen MR) is 53.8 cm³/mol. The summed E-state index contributed by atoms with van der Waals surface area (Å²) in [4.78, 5) is 0. The molecule has 136 valence electrons. The molecule has 1 saturated carbocycles. The van der Waals surface area contributed by atoms with E-state index in [9.17, 15) is 52.3 Å². The molecule has 3 nitrogen and oxygen atoms in total. The van der Waals surface area contributed by atoms with E-state index in [2.05, 4.69) is 6.58 Å². The maximum atomic E-state index is 13.7. The van der Waals surface area contributed by atoms with E-state index in [0.29, 0.717) is 0 Å². The molecule has 23 heavy (non-hydrogen) atoms. The monoisotopic (exact) mass is 384 g/mol. The topological polar surface area (TPSA) is 54.4 Å². The maximum Gasteiger partial charge on any atom is 0.384 e. The first-order chi connectivity index (χ1) is 9.81. The fourth-order valence-electron chi connectivity index (χ4n) is 2.18. The van der Waals surface area contributed by atoms with E-state index in [1.165, 1.54) is 0 Å². The lowest BCUT2D eigenvalue weighted by atomic mass is 9.72. The van der Waals surface area contributed by atoms with Crippen LogP contribution in [0.5, 0.6) is 0 Å². The summed E-state index contributed by atoms with van der Waals surface area (Å²) in [6.45, 7) is 2.46. The molecule has 1 N–H and O–H groups in total. The summed E-state index contributed by atoms with van der Waals surface area (Å²) in [6, 6.07) is 0. The molecule has 0 heterocycles. The molecule has 0 amide bonds. The standard InChI is InChI=1S/C9H6F10O3S/c1-2-3-4(23(20,21)22)5(10,11)7(14,15)9(18,19)8(16,17)6(4,12)13/h2H,1,3H2,(H,20,21,22). The van der Waals surface area contributed by atoms with Gasteiger partial charge in [0.2, 0.25) is 4.75 Å². The third-order valence-corrected chi connectivity index (χ3v) is 5.02. The molecule has 0 saturated heterocycles. The lowest BCUT2D eigenvalue weighted by molar-refractivity contribution is -0.456. The van der Waals surface area contributed by atoms with Crippen LogP contribution in [0.1, 0.15) is 6.42 Å². The van der Waals surface area contributed by atoms with Crippen molar-refractivity contribution in [2.24, 2.45) is 0 Å². The van der Waals surface area contributed by atoms with E-state index in [1.54, 1.807) is 0 Å². The van der Waals surface area contributed by atoms with Gasteiger partial charge in [-0.3, -0.25) is 4.55 Å². The second kappa shape index (κ2) is 4.52. The summed E-state index contributed by atoms with van der Waals surface area (Å²) < 4.78 is 158. The van der Waals surface area contributed by atoms with E-state index < -0.39 is 50.9 Å². The molecule has 0 unspecified atom stereocenters. The van der Waals surface area contributed by atoms with Gasteiger partial charge in [0, 0.05) is 0 Å². The average molecular weight is 384 g/mol. The van der Waals surface area contributed by atoms with Gasteiger partial charge in [-0.1, -0.05) is 6.08 Å². The smallest absolute Gasteiger partial charge is 0.285 e. The van der Waals surface area contributed by atoms with Gasteiger partial charge in [0.25, 0.3) is 10.1 Å². The molecule has 0 aromatic rings. The minimum atomic E-state index is -7.32. The minimum absolute atomic E-state index is 0.231. The number of hydrogen-bond donors (Lipinski definition) is 1. The SMILES string of the molecule is C=CCC1(S(=O)(=O)O)C(F)(F)C(F)(F)C(F)(F)C(F)(F)C1(F)F. The Morgan fingerprint density at radius 3 is 1.22 bits per heavy atom. The Bertz CT molecular complexity index is 593. The van der Waals surface area contributed by atoms with Crippen molar-refractivity contribution in [2.75, 3.05) is 0 Å². The molecule has 1 rings (SSSR count). The van der Waals surface area contributed by atoms with Crippen molar-refractivity contribution in [3.8, 4) is 0 Å². The van der Waals surface area contributed by atoms with Crippen LogP contribution < -0.4 is 0 Å². The Morgan fingerprint density at radius 1 is 0.739 bits per heavy atom. The van der Waals surface area contributed by atoms with Crippen LogP contribution in [-0.4, -0.2) is 47.3 Å². The van der Waals surface area contributed by atoms with Crippen molar-refractivity contribution in [2.45, 2.75) is 40.8 Å². The van der Waals surface area contributed by atoms with Crippen LogP contribution in [0.25, 0.3) is 0 Å². The van der Waals surface area contributed by atoms with E-state index in [4.69, 9.17) is 4.55 Å². The van der Waals surface area contributed by atoms with Crippen LogP contribution in [0.3, 0.4) is 0 Å². The van der Waals surface area contributed by atoms with Crippen LogP contribution in [0.15, 0.2) is 12.7 Å². The van der Waals surface area contributed by atoms with E-state index in [-0.39, 0.29) is 6.08 Å². The molecule has 0 bridgehead atoms. The first kappa shape index (κ1) is 20.0. The van der Waals surface area contributed by atoms with Crippen LogP contribution in [0, 0.1) is 0 Å². The number of hydrogen-bond acceptors (Lipinski definition) is 2. The molecule has 0 aromatic carbocycles. The largest absolute Gasteiger partial charge is 0.384 e. The first-order valence-electron chi connectivity index (χ1n) is 5.28. The Kier molecular flexibility index (Phi) is 3.93. The number of halogens is 10. The van der Waals surface area contributed by atoms with Crippen molar-refractivity contribution in [1.82, 2.24) is 0 Å². The molecule has 1 fully saturated rings.